The predicted octanol–water partition coefficient (Wildman–Crippen LogP) is 2.95. The Bertz CT molecular complexity index is 204. The van der Waals surface area contributed by atoms with Crippen LogP contribution in [0.25, 0.3) is 0 Å². The van der Waals surface area contributed by atoms with Gasteiger partial charge in [0.05, 0.1) is 4.83 Å². The van der Waals surface area contributed by atoms with Crippen LogP contribution < -0.4 is 0 Å². The summed E-state index contributed by atoms with van der Waals surface area (Å²) in [6.07, 6.45) is 1.71. The average Bonchev–Trinajstić information content (AvgIpc) is 2.02. The lowest BCUT2D eigenvalue weighted by molar-refractivity contribution is 0.305. The van der Waals surface area contributed by atoms with Gasteiger partial charge in [-0.05, 0) is 19.9 Å². The van der Waals surface area contributed by atoms with Gasteiger partial charge in [0.1, 0.15) is 17.3 Å². The van der Waals surface area contributed by atoms with Crippen LogP contribution in [0, 0.1) is 0 Å². The van der Waals surface area contributed by atoms with E-state index in [1.54, 1.807) is 6.92 Å². The van der Waals surface area contributed by atoms with Crippen LogP contribution in [0.1, 0.15) is 20.3 Å². The number of alkyl halides is 1. The number of allylic oxidation sites excluding steroid dienone is 4. The normalized spacial score (nSPS) is 17.1. The Morgan fingerprint density at radius 1 is 1.42 bits per heavy atom. The minimum atomic E-state index is -0.343. The van der Waals surface area contributed by atoms with Gasteiger partial charge in [-0.1, -0.05) is 15.9 Å². The third kappa shape index (κ3) is 3.67. The maximum Gasteiger partial charge on any atom is 0.131 e. The number of hydrogen-bond donors (Lipinski definition) is 3. The Hall–Kier alpha value is -0.640. The number of halogens is 1. The van der Waals surface area contributed by atoms with Gasteiger partial charge < -0.3 is 15.3 Å². The highest BCUT2D eigenvalue weighted by Crippen LogP contribution is 2.18. The van der Waals surface area contributed by atoms with Crippen LogP contribution >= 0.6 is 15.9 Å². The molecule has 70 valence electrons. The predicted molar refractivity (Wildman–Crippen MR) is 51.7 cm³/mol. The third-order valence-electron chi connectivity index (χ3n) is 1.41. The van der Waals surface area contributed by atoms with Crippen molar-refractivity contribution in [1.82, 2.24) is 0 Å². The Morgan fingerprint density at radius 2 is 1.92 bits per heavy atom. The molecule has 0 amide bonds. The molecule has 0 heterocycles. The average molecular weight is 237 g/mol. The molecule has 0 rings (SSSR count). The molecule has 0 aromatic heterocycles. The first-order valence-corrected chi connectivity index (χ1v) is 4.47. The monoisotopic (exact) mass is 236 g/mol. The summed E-state index contributed by atoms with van der Waals surface area (Å²) < 4.78 is 0. The van der Waals surface area contributed by atoms with Gasteiger partial charge in [-0.3, -0.25) is 0 Å². The zero-order valence-electron chi connectivity index (χ0n) is 7.08. The Balaban J connectivity index is 4.20. The molecule has 1 unspecified atom stereocenters. The third-order valence-corrected chi connectivity index (χ3v) is 2.20. The number of hydrogen-bond acceptors (Lipinski definition) is 3. The van der Waals surface area contributed by atoms with E-state index in [1.165, 1.54) is 13.0 Å². The van der Waals surface area contributed by atoms with Crippen LogP contribution in [0.15, 0.2) is 23.4 Å². The van der Waals surface area contributed by atoms with E-state index in [1.807, 2.05) is 0 Å². The molecule has 0 spiro atoms. The highest BCUT2D eigenvalue weighted by atomic mass is 79.9. The highest BCUT2D eigenvalue weighted by molar-refractivity contribution is 9.09. The summed E-state index contributed by atoms with van der Waals surface area (Å²) in [6, 6.07) is 0. The van der Waals surface area contributed by atoms with Crippen LogP contribution in [0.3, 0.4) is 0 Å². The molecule has 0 aliphatic rings. The molecule has 0 radical (unpaired) electrons. The fraction of sp³-hybridized carbons (Fsp3) is 0.500. The molecule has 0 bridgehead atoms. The smallest absolute Gasteiger partial charge is 0.131 e. The van der Waals surface area contributed by atoms with Crippen molar-refractivity contribution in [2.45, 2.75) is 25.1 Å². The van der Waals surface area contributed by atoms with E-state index in [0.29, 0.717) is 0 Å². The summed E-state index contributed by atoms with van der Waals surface area (Å²) >= 11 is 3.15. The maximum atomic E-state index is 9.16. The van der Waals surface area contributed by atoms with Crippen molar-refractivity contribution in [3.8, 4) is 0 Å². The molecule has 0 aromatic rings. The van der Waals surface area contributed by atoms with Gasteiger partial charge in [-0.25, -0.2) is 0 Å². The molecule has 1 atom stereocenters. The van der Waals surface area contributed by atoms with Gasteiger partial charge >= 0.3 is 0 Å². The van der Waals surface area contributed by atoms with E-state index in [4.69, 9.17) is 15.3 Å². The van der Waals surface area contributed by atoms with E-state index in [0.717, 1.165) is 0 Å². The van der Waals surface area contributed by atoms with Crippen molar-refractivity contribution >= 4 is 15.9 Å². The van der Waals surface area contributed by atoms with Crippen LogP contribution in [0.4, 0.5) is 0 Å². The quantitative estimate of drug-likeness (QED) is 0.522. The molecular weight excluding hydrogens is 224 g/mol. The first-order chi connectivity index (χ1) is 5.49. The highest BCUT2D eigenvalue weighted by Gasteiger charge is 2.12. The van der Waals surface area contributed by atoms with E-state index < -0.39 is 0 Å². The standard InChI is InChI=1S/C8H13BrO3/c1-3-7(11)6(9)4-8(12)5(2)10/h3,6,10-12H,4H2,1-2H3/b7-3+,8-5-. The minimum absolute atomic E-state index is 0.120. The molecule has 0 fully saturated rings. The van der Waals surface area contributed by atoms with Crippen LogP contribution in [0.5, 0.6) is 0 Å². The summed E-state index contributed by atoms with van der Waals surface area (Å²) in [6.45, 7) is 3.08. The summed E-state index contributed by atoms with van der Waals surface area (Å²) in [7, 11) is 0. The topological polar surface area (TPSA) is 60.7 Å². The Labute approximate surface area is 80.2 Å². The lowest BCUT2D eigenvalue weighted by atomic mass is 10.2. The molecule has 4 heteroatoms. The Morgan fingerprint density at radius 3 is 2.25 bits per heavy atom. The lowest BCUT2D eigenvalue weighted by Gasteiger charge is -2.08. The lowest BCUT2D eigenvalue weighted by Crippen LogP contribution is -2.04. The molecule has 0 aliphatic heterocycles. The van der Waals surface area contributed by atoms with Crippen molar-refractivity contribution in [3.63, 3.8) is 0 Å². The first-order valence-electron chi connectivity index (χ1n) is 3.56. The largest absolute Gasteiger partial charge is 0.511 e. The van der Waals surface area contributed by atoms with Crippen molar-refractivity contribution in [1.29, 1.82) is 0 Å². The fourth-order valence-corrected chi connectivity index (χ4v) is 1.17. The van der Waals surface area contributed by atoms with E-state index in [9.17, 15) is 0 Å². The Kier molecular flexibility index (Phi) is 4.81. The van der Waals surface area contributed by atoms with Gasteiger partial charge in [0, 0.05) is 6.42 Å². The van der Waals surface area contributed by atoms with Crippen LogP contribution in [-0.2, 0) is 0 Å². The molecular formula is C8H13BrO3. The van der Waals surface area contributed by atoms with E-state index in [2.05, 4.69) is 15.9 Å². The van der Waals surface area contributed by atoms with Gasteiger partial charge in [0.2, 0.25) is 0 Å². The van der Waals surface area contributed by atoms with Crippen molar-refractivity contribution in [2.75, 3.05) is 0 Å². The number of rotatable bonds is 3. The van der Waals surface area contributed by atoms with Crippen molar-refractivity contribution in [3.05, 3.63) is 23.4 Å². The van der Waals surface area contributed by atoms with Gasteiger partial charge in [0.25, 0.3) is 0 Å². The second-order valence-electron chi connectivity index (χ2n) is 2.42. The van der Waals surface area contributed by atoms with Gasteiger partial charge in [-0.2, -0.15) is 0 Å². The maximum absolute atomic E-state index is 9.16. The summed E-state index contributed by atoms with van der Waals surface area (Å²) in [5.74, 6) is -0.101. The number of aliphatic hydroxyl groups is 3. The molecule has 3 N–H and O–H groups in total. The summed E-state index contributed by atoms with van der Waals surface area (Å²) in [4.78, 5) is -0.343. The molecule has 3 nitrogen and oxygen atoms in total. The number of aliphatic hydroxyl groups excluding tert-OH is 3. The van der Waals surface area contributed by atoms with E-state index >= 15 is 0 Å². The van der Waals surface area contributed by atoms with Gasteiger partial charge in [-0.15, -0.1) is 0 Å². The first kappa shape index (κ1) is 11.4. The van der Waals surface area contributed by atoms with Crippen molar-refractivity contribution in [2.24, 2.45) is 0 Å². The van der Waals surface area contributed by atoms with Gasteiger partial charge in [0.15, 0.2) is 0 Å². The zero-order chi connectivity index (χ0) is 9.72. The molecule has 12 heavy (non-hydrogen) atoms. The van der Waals surface area contributed by atoms with E-state index in [-0.39, 0.29) is 28.5 Å². The summed E-state index contributed by atoms with van der Waals surface area (Å²) in [5, 5.41) is 27.1. The zero-order valence-corrected chi connectivity index (χ0v) is 8.67. The minimum Gasteiger partial charge on any atom is -0.511 e. The SMILES string of the molecule is C/C=C(/O)C(Br)C/C(O)=C(\C)O. The van der Waals surface area contributed by atoms with Crippen molar-refractivity contribution < 1.29 is 15.3 Å². The fourth-order valence-electron chi connectivity index (χ4n) is 0.603. The molecule has 0 aromatic carbocycles. The molecule has 0 saturated carbocycles. The molecule has 0 aliphatic carbocycles. The second-order valence-corrected chi connectivity index (χ2v) is 3.52. The van der Waals surface area contributed by atoms with Crippen LogP contribution in [-0.4, -0.2) is 20.1 Å². The van der Waals surface area contributed by atoms with Crippen LogP contribution in [0.2, 0.25) is 0 Å². The second kappa shape index (κ2) is 5.09. The molecule has 0 saturated heterocycles. The summed E-state index contributed by atoms with van der Waals surface area (Å²) in [5.41, 5.74) is 0.